The highest BCUT2D eigenvalue weighted by molar-refractivity contribution is 6.09. The largest absolute Gasteiger partial charge is 0.481 e. The average Bonchev–Trinajstić information content (AvgIpc) is 2.71. The molecule has 0 aromatic carbocycles. The predicted molar refractivity (Wildman–Crippen MR) is 117 cm³/mol. The van der Waals surface area contributed by atoms with Gasteiger partial charge < -0.3 is 21.1 Å². The summed E-state index contributed by atoms with van der Waals surface area (Å²) in [6.45, 7) is 2.11. The van der Waals surface area contributed by atoms with Crippen molar-refractivity contribution >= 4 is 17.7 Å². The maximum absolute atomic E-state index is 12.2. The Balaban J connectivity index is 4.02. The molecule has 0 aliphatic rings. The van der Waals surface area contributed by atoms with Crippen LogP contribution in [0, 0.1) is 0 Å². The zero-order chi connectivity index (χ0) is 22.8. The second-order valence-corrected chi connectivity index (χ2v) is 7.34. The Bertz CT molecular complexity index is 611. The van der Waals surface area contributed by atoms with Crippen molar-refractivity contribution in [1.82, 2.24) is 0 Å². The Morgan fingerprint density at radius 3 is 2.03 bits per heavy atom. The molecule has 0 aliphatic heterocycles. The van der Waals surface area contributed by atoms with E-state index in [-0.39, 0.29) is 6.42 Å². The number of unbranched alkanes of at least 4 members (excludes halogenated alkanes) is 4. The van der Waals surface area contributed by atoms with Crippen molar-refractivity contribution in [1.29, 1.82) is 0 Å². The predicted octanol–water partition coefficient (Wildman–Crippen LogP) is 3.76. The standard InChI is InChI=1S/C23H37NO6/c1-2-3-4-5-6-7-8-9-10-11-12-13-14-15-16-19(25)21(28)23(24,22(29)30)18-17-20(26)27/h3-4,6-7,9-10,19,25H,2,5,8,11-18,24H2,1H3,(H,26,27)(H,29,30)/b4-3+,7-6+,10-9+/t19?,23-/m1/s1. The Kier molecular flexibility index (Phi) is 15.3. The van der Waals surface area contributed by atoms with Crippen LogP contribution in [-0.4, -0.2) is 44.7 Å². The van der Waals surface area contributed by atoms with Crippen LogP contribution in [0.1, 0.15) is 77.6 Å². The Morgan fingerprint density at radius 2 is 1.47 bits per heavy atom. The minimum atomic E-state index is -2.37. The first-order valence-corrected chi connectivity index (χ1v) is 10.7. The van der Waals surface area contributed by atoms with Crippen molar-refractivity contribution in [3.8, 4) is 0 Å². The summed E-state index contributed by atoms with van der Waals surface area (Å²) < 4.78 is 0. The molecule has 1 unspecified atom stereocenters. The summed E-state index contributed by atoms with van der Waals surface area (Å²) in [5, 5.41) is 27.9. The van der Waals surface area contributed by atoms with E-state index in [0.717, 1.165) is 44.9 Å². The van der Waals surface area contributed by atoms with E-state index < -0.39 is 42.2 Å². The molecule has 0 aromatic heterocycles. The van der Waals surface area contributed by atoms with E-state index in [1.807, 2.05) is 0 Å². The van der Waals surface area contributed by atoms with Gasteiger partial charge in [0.2, 0.25) is 0 Å². The highest BCUT2D eigenvalue weighted by Gasteiger charge is 2.44. The van der Waals surface area contributed by atoms with Gasteiger partial charge in [-0.3, -0.25) is 9.59 Å². The third-order valence-electron chi connectivity index (χ3n) is 4.74. The normalized spacial score (nSPS) is 15.0. The Morgan fingerprint density at radius 1 is 0.900 bits per heavy atom. The molecular weight excluding hydrogens is 386 g/mol. The molecule has 0 fully saturated rings. The first kappa shape index (κ1) is 27.8. The zero-order valence-electron chi connectivity index (χ0n) is 18.0. The molecule has 2 atom stereocenters. The molecule has 0 aliphatic carbocycles. The van der Waals surface area contributed by atoms with Crippen LogP contribution >= 0.6 is 0 Å². The van der Waals surface area contributed by atoms with Gasteiger partial charge in [-0.05, 0) is 44.9 Å². The molecule has 5 N–H and O–H groups in total. The van der Waals surface area contributed by atoms with Crippen molar-refractivity contribution in [2.45, 2.75) is 89.2 Å². The summed E-state index contributed by atoms with van der Waals surface area (Å²) in [6, 6.07) is 0. The van der Waals surface area contributed by atoms with Gasteiger partial charge in [-0.2, -0.15) is 0 Å². The maximum atomic E-state index is 12.2. The third kappa shape index (κ3) is 12.3. The summed E-state index contributed by atoms with van der Waals surface area (Å²) in [6.07, 6.45) is 17.6. The Labute approximate surface area is 179 Å². The molecule has 0 aromatic rings. The smallest absolute Gasteiger partial charge is 0.331 e. The molecule has 0 bridgehead atoms. The quantitative estimate of drug-likeness (QED) is 0.150. The van der Waals surface area contributed by atoms with E-state index in [0.29, 0.717) is 6.42 Å². The minimum absolute atomic E-state index is 0.116. The number of carboxylic acid groups (broad SMARTS) is 2. The summed E-state index contributed by atoms with van der Waals surface area (Å²) >= 11 is 0. The first-order chi connectivity index (χ1) is 14.3. The molecule has 0 saturated carbocycles. The zero-order valence-corrected chi connectivity index (χ0v) is 18.0. The van der Waals surface area contributed by atoms with Crippen LogP contribution in [-0.2, 0) is 14.4 Å². The fraction of sp³-hybridized carbons (Fsp3) is 0.609. The SMILES string of the molecule is CC/C=C/C/C=C/C/C=C/CCCCCCC(O)C(=O)[C@](N)(CCC(=O)O)C(=O)O. The van der Waals surface area contributed by atoms with Crippen molar-refractivity contribution in [3.63, 3.8) is 0 Å². The summed E-state index contributed by atoms with van der Waals surface area (Å²) in [5.41, 5.74) is 3.22. The van der Waals surface area contributed by atoms with Crippen LogP contribution in [0.15, 0.2) is 36.5 Å². The number of aliphatic hydroxyl groups is 1. The number of carbonyl (C=O) groups excluding carboxylic acids is 1. The summed E-state index contributed by atoms with van der Waals surface area (Å²) in [7, 11) is 0. The molecule has 7 heteroatoms. The van der Waals surface area contributed by atoms with E-state index in [1.54, 1.807) is 0 Å². The lowest BCUT2D eigenvalue weighted by molar-refractivity contribution is -0.152. The minimum Gasteiger partial charge on any atom is -0.481 e. The number of Topliss-reactive ketones (excluding diaryl/α,β-unsaturated/α-hetero) is 1. The number of carbonyl (C=O) groups is 3. The van der Waals surface area contributed by atoms with Gasteiger partial charge in [-0.25, -0.2) is 4.79 Å². The summed E-state index contributed by atoms with van der Waals surface area (Å²) in [5.74, 6) is -3.90. The van der Waals surface area contributed by atoms with E-state index in [4.69, 9.17) is 10.8 Å². The molecule has 0 rings (SSSR count). The van der Waals surface area contributed by atoms with Crippen molar-refractivity contribution < 1.29 is 29.7 Å². The van der Waals surface area contributed by atoms with Gasteiger partial charge in [0.25, 0.3) is 0 Å². The number of nitrogens with two attached hydrogens (primary N) is 1. The van der Waals surface area contributed by atoms with Gasteiger partial charge in [0.05, 0.1) is 0 Å². The number of hydrogen-bond donors (Lipinski definition) is 4. The highest BCUT2D eigenvalue weighted by atomic mass is 16.4. The van der Waals surface area contributed by atoms with Gasteiger partial charge in [-0.15, -0.1) is 0 Å². The molecule has 0 saturated heterocycles. The molecule has 7 nitrogen and oxygen atoms in total. The van der Waals surface area contributed by atoms with Crippen LogP contribution in [0.25, 0.3) is 0 Å². The van der Waals surface area contributed by atoms with Crippen molar-refractivity contribution in [2.75, 3.05) is 0 Å². The number of ketones is 1. The van der Waals surface area contributed by atoms with Crippen LogP contribution in [0.4, 0.5) is 0 Å². The van der Waals surface area contributed by atoms with E-state index in [9.17, 15) is 24.6 Å². The second kappa shape index (κ2) is 16.5. The van der Waals surface area contributed by atoms with Crippen LogP contribution < -0.4 is 5.73 Å². The lowest BCUT2D eigenvalue weighted by atomic mass is 9.85. The van der Waals surface area contributed by atoms with Crippen LogP contribution in [0.3, 0.4) is 0 Å². The first-order valence-electron chi connectivity index (χ1n) is 10.7. The molecule has 30 heavy (non-hydrogen) atoms. The van der Waals surface area contributed by atoms with E-state index >= 15 is 0 Å². The topological polar surface area (TPSA) is 138 Å². The lowest BCUT2D eigenvalue weighted by Gasteiger charge is -2.25. The average molecular weight is 424 g/mol. The van der Waals surface area contributed by atoms with E-state index in [1.165, 1.54) is 0 Å². The van der Waals surface area contributed by atoms with Gasteiger partial charge in [0.15, 0.2) is 11.3 Å². The fourth-order valence-corrected chi connectivity index (χ4v) is 2.85. The number of carboxylic acids is 2. The molecule has 170 valence electrons. The lowest BCUT2D eigenvalue weighted by Crippen LogP contribution is -2.58. The van der Waals surface area contributed by atoms with Crippen LogP contribution in [0.2, 0.25) is 0 Å². The number of allylic oxidation sites excluding steroid dienone is 6. The van der Waals surface area contributed by atoms with Gasteiger partial charge >= 0.3 is 11.9 Å². The third-order valence-corrected chi connectivity index (χ3v) is 4.74. The van der Waals surface area contributed by atoms with Crippen molar-refractivity contribution in [3.05, 3.63) is 36.5 Å². The molecule has 0 heterocycles. The maximum Gasteiger partial charge on any atom is 0.331 e. The molecule has 0 amide bonds. The van der Waals surface area contributed by atoms with Gasteiger partial charge in [0.1, 0.15) is 6.10 Å². The molecular formula is C23H37NO6. The molecule has 0 radical (unpaired) electrons. The van der Waals surface area contributed by atoms with Crippen molar-refractivity contribution in [2.24, 2.45) is 5.73 Å². The summed E-state index contributed by atoms with van der Waals surface area (Å²) in [4.78, 5) is 34.2. The Hall–Kier alpha value is -2.25. The van der Waals surface area contributed by atoms with Crippen LogP contribution in [0.5, 0.6) is 0 Å². The number of rotatable bonds is 18. The highest BCUT2D eigenvalue weighted by Crippen LogP contribution is 2.18. The number of hydrogen-bond acceptors (Lipinski definition) is 5. The van der Waals surface area contributed by atoms with Gasteiger partial charge in [-0.1, -0.05) is 62.6 Å². The molecule has 0 spiro atoms. The van der Waals surface area contributed by atoms with E-state index in [2.05, 4.69) is 43.4 Å². The van der Waals surface area contributed by atoms with Gasteiger partial charge in [0, 0.05) is 6.42 Å². The fourth-order valence-electron chi connectivity index (χ4n) is 2.85. The number of aliphatic carboxylic acids is 2. The second-order valence-electron chi connectivity index (χ2n) is 7.34. The number of aliphatic hydroxyl groups excluding tert-OH is 1. The monoisotopic (exact) mass is 423 g/mol.